The number of nitriles is 1. The van der Waals surface area contributed by atoms with Crippen molar-refractivity contribution >= 4 is 5.97 Å². The fourth-order valence-corrected chi connectivity index (χ4v) is 1.46. The fourth-order valence-electron chi connectivity index (χ4n) is 1.46. The number of rotatable bonds is 2. The first-order valence-corrected chi connectivity index (χ1v) is 4.77. The second-order valence-electron chi connectivity index (χ2n) is 3.36. The Kier molecular flexibility index (Phi) is 3.93. The molecule has 1 aromatic rings. The van der Waals surface area contributed by atoms with E-state index in [1.54, 1.807) is 6.07 Å². The maximum Gasteiger partial charge on any atom is 0.416 e. The van der Waals surface area contributed by atoms with E-state index in [1.807, 2.05) is 0 Å². The zero-order valence-electron chi connectivity index (χ0n) is 9.34. The Hall–Kier alpha value is -2.07. The van der Waals surface area contributed by atoms with E-state index >= 15 is 0 Å². The van der Waals surface area contributed by atoms with Gasteiger partial charge in [-0.05, 0) is 17.7 Å². The van der Waals surface area contributed by atoms with Crippen LogP contribution in [0.3, 0.4) is 0 Å². The van der Waals surface area contributed by atoms with Gasteiger partial charge in [-0.25, -0.2) is 4.79 Å². The maximum absolute atomic E-state index is 12.6. The summed E-state index contributed by atoms with van der Waals surface area (Å²) < 4.78 is 42.1. The first-order chi connectivity index (χ1) is 8.35. The van der Waals surface area contributed by atoms with Crippen LogP contribution in [0, 0.1) is 11.3 Å². The molecule has 0 aliphatic rings. The quantitative estimate of drug-likeness (QED) is 0.821. The number of esters is 1. The summed E-state index contributed by atoms with van der Waals surface area (Å²) >= 11 is 0. The number of halogens is 3. The van der Waals surface area contributed by atoms with E-state index in [1.165, 1.54) is 0 Å². The van der Waals surface area contributed by atoms with Gasteiger partial charge in [-0.1, -0.05) is 0 Å². The number of nitrogens with two attached hydrogens (primary N) is 1. The SMILES string of the molecule is COC(=O)c1c(C#N)cc(C(F)(F)F)cc1CN. The van der Waals surface area contributed by atoms with Gasteiger partial charge >= 0.3 is 12.1 Å². The van der Waals surface area contributed by atoms with Gasteiger partial charge in [-0.2, -0.15) is 18.4 Å². The lowest BCUT2D eigenvalue weighted by molar-refractivity contribution is -0.137. The molecular formula is C11H9F3N2O2. The van der Waals surface area contributed by atoms with Crippen LogP contribution >= 0.6 is 0 Å². The zero-order valence-corrected chi connectivity index (χ0v) is 9.34. The molecule has 1 rings (SSSR count). The van der Waals surface area contributed by atoms with Gasteiger partial charge < -0.3 is 10.5 Å². The van der Waals surface area contributed by atoms with Crippen LogP contribution < -0.4 is 5.73 Å². The Morgan fingerprint density at radius 2 is 2.11 bits per heavy atom. The predicted octanol–water partition coefficient (Wildman–Crippen LogP) is 1.82. The molecule has 0 saturated carbocycles. The lowest BCUT2D eigenvalue weighted by atomic mass is 9.98. The van der Waals surface area contributed by atoms with Gasteiger partial charge in [0, 0.05) is 6.54 Å². The summed E-state index contributed by atoms with van der Waals surface area (Å²) in [5, 5.41) is 8.81. The number of carbonyl (C=O) groups is 1. The van der Waals surface area contributed by atoms with Crippen molar-refractivity contribution in [3.05, 3.63) is 34.4 Å². The number of nitrogens with zero attached hydrogens (tertiary/aromatic N) is 1. The van der Waals surface area contributed by atoms with Crippen molar-refractivity contribution in [2.75, 3.05) is 7.11 Å². The van der Waals surface area contributed by atoms with Crippen LogP contribution in [0.4, 0.5) is 13.2 Å². The number of ether oxygens (including phenoxy) is 1. The van der Waals surface area contributed by atoms with E-state index in [9.17, 15) is 18.0 Å². The van der Waals surface area contributed by atoms with E-state index in [4.69, 9.17) is 11.0 Å². The van der Waals surface area contributed by atoms with Gasteiger partial charge in [-0.3, -0.25) is 0 Å². The van der Waals surface area contributed by atoms with E-state index in [0.29, 0.717) is 6.07 Å². The average molecular weight is 258 g/mol. The molecule has 96 valence electrons. The minimum absolute atomic E-state index is 0.0757. The average Bonchev–Trinajstić information content (AvgIpc) is 2.34. The zero-order chi connectivity index (χ0) is 13.9. The molecule has 7 heteroatoms. The molecule has 0 bridgehead atoms. The molecule has 0 atom stereocenters. The monoisotopic (exact) mass is 258 g/mol. The van der Waals surface area contributed by atoms with Crippen molar-refractivity contribution in [1.82, 2.24) is 0 Å². The Morgan fingerprint density at radius 3 is 2.50 bits per heavy atom. The number of carbonyl (C=O) groups excluding carboxylic acids is 1. The summed E-state index contributed by atoms with van der Waals surface area (Å²) in [6, 6.07) is 2.89. The molecule has 0 aromatic heterocycles. The van der Waals surface area contributed by atoms with Crippen LogP contribution in [0.2, 0.25) is 0 Å². The van der Waals surface area contributed by atoms with Crippen molar-refractivity contribution in [2.24, 2.45) is 5.73 Å². The van der Waals surface area contributed by atoms with Crippen molar-refractivity contribution in [1.29, 1.82) is 5.26 Å². The van der Waals surface area contributed by atoms with Crippen LogP contribution in [-0.2, 0) is 17.5 Å². The maximum atomic E-state index is 12.6. The second-order valence-corrected chi connectivity index (χ2v) is 3.36. The Balaban J connectivity index is 3.55. The predicted molar refractivity (Wildman–Crippen MR) is 55.4 cm³/mol. The number of benzene rings is 1. The van der Waals surface area contributed by atoms with Crippen LogP contribution in [0.25, 0.3) is 0 Å². The van der Waals surface area contributed by atoms with Crippen molar-refractivity contribution in [3.63, 3.8) is 0 Å². The minimum Gasteiger partial charge on any atom is -0.465 e. The first-order valence-electron chi connectivity index (χ1n) is 4.77. The second kappa shape index (κ2) is 5.06. The largest absolute Gasteiger partial charge is 0.465 e. The van der Waals surface area contributed by atoms with Gasteiger partial charge in [0.2, 0.25) is 0 Å². The smallest absolute Gasteiger partial charge is 0.416 e. The van der Waals surface area contributed by atoms with Crippen LogP contribution in [0.1, 0.15) is 27.0 Å². The molecule has 0 spiro atoms. The highest BCUT2D eigenvalue weighted by Crippen LogP contribution is 2.32. The topological polar surface area (TPSA) is 76.1 Å². The molecule has 0 radical (unpaired) electrons. The Bertz CT molecular complexity index is 518. The van der Waals surface area contributed by atoms with Crippen LogP contribution in [0.15, 0.2) is 12.1 Å². The molecule has 0 fully saturated rings. The van der Waals surface area contributed by atoms with Crippen molar-refractivity contribution < 1.29 is 22.7 Å². The summed E-state index contributed by atoms with van der Waals surface area (Å²) in [6.45, 7) is -0.303. The van der Waals surface area contributed by atoms with Crippen molar-refractivity contribution in [2.45, 2.75) is 12.7 Å². The van der Waals surface area contributed by atoms with Crippen LogP contribution in [0.5, 0.6) is 0 Å². The Morgan fingerprint density at radius 1 is 1.50 bits per heavy atom. The molecule has 0 heterocycles. The highest BCUT2D eigenvalue weighted by atomic mass is 19.4. The molecule has 0 aliphatic carbocycles. The minimum atomic E-state index is -4.61. The summed E-state index contributed by atoms with van der Waals surface area (Å²) in [5.41, 5.74) is 3.57. The molecule has 1 aromatic carbocycles. The van der Waals surface area contributed by atoms with Crippen molar-refractivity contribution in [3.8, 4) is 6.07 Å². The van der Waals surface area contributed by atoms with E-state index < -0.39 is 23.3 Å². The third-order valence-electron chi connectivity index (χ3n) is 2.28. The standard InChI is InChI=1S/C11H9F3N2O2/c1-18-10(17)9-6(4-15)2-8(11(12,13)14)3-7(9)5-16/h2-3H,4,15H2,1H3. The van der Waals surface area contributed by atoms with E-state index in [2.05, 4.69) is 4.74 Å². The lowest BCUT2D eigenvalue weighted by Crippen LogP contribution is -2.15. The summed E-state index contributed by atoms with van der Waals surface area (Å²) in [6.07, 6.45) is -4.61. The first kappa shape index (κ1) is 14.0. The van der Waals surface area contributed by atoms with Gasteiger partial charge in [0.05, 0.1) is 23.8 Å². The highest BCUT2D eigenvalue weighted by Gasteiger charge is 2.33. The Labute approximate surface area is 101 Å². The molecule has 0 aliphatic heterocycles. The highest BCUT2D eigenvalue weighted by molar-refractivity contribution is 5.94. The molecule has 0 amide bonds. The third kappa shape index (κ3) is 2.60. The lowest BCUT2D eigenvalue weighted by Gasteiger charge is -2.13. The van der Waals surface area contributed by atoms with Gasteiger partial charge in [0.1, 0.15) is 6.07 Å². The fraction of sp³-hybridized carbons (Fsp3) is 0.273. The van der Waals surface area contributed by atoms with Crippen LogP contribution in [-0.4, -0.2) is 13.1 Å². The number of hydrogen-bond acceptors (Lipinski definition) is 4. The molecular weight excluding hydrogens is 249 g/mol. The van der Waals surface area contributed by atoms with Gasteiger partial charge in [0.25, 0.3) is 0 Å². The number of alkyl halides is 3. The molecule has 2 N–H and O–H groups in total. The number of hydrogen-bond donors (Lipinski definition) is 1. The molecule has 0 saturated heterocycles. The van der Waals surface area contributed by atoms with E-state index in [0.717, 1.165) is 13.2 Å². The van der Waals surface area contributed by atoms with Gasteiger partial charge in [-0.15, -0.1) is 0 Å². The molecule has 0 unspecified atom stereocenters. The number of methoxy groups -OCH3 is 1. The third-order valence-corrected chi connectivity index (χ3v) is 2.28. The summed E-state index contributed by atoms with van der Waals surface area (Å²) in [4.78, 5) is 11.4. The summed E-state index contributed by atoms with van der Waals surface area (Å²) in [7, 11) is 1.07. The van der Waals surface area contributed by atoms with E-state index in [-0.39, 0.29) is 17.7 Å². The molecule has 4 nitrogen and oxygen atoms in total. The molecule has 18 heavy (non-hydrogen) atoms. The summed E-state index contributed by atoms with van der Waals surface area (Å²) in [5.74, 6) is -0.888. The normalized spacial score (nSPS) is 10.9. The van der Waals surface area contributed by atoms with Gasteiger partial charge in [0.15, 0.2) is 0 Å².